The molecule has 2 heterocycles. The molecule has 0 radical (unpaired) electrons. The highest BCUT2D eigenvalue weighted by atomic mass is 16.2. The first-order valence-electron chi connectivity index (χ1n) is 8.43. The van der Waals surface area contributed by atoms with E-state index in [1.165, 1.54) is 0 Å². The van der Waals surface area contributed by atoms with Gasteiger partial charge in [0.25, 0.3) is 0 Å². The molecule has 7 nitrogen and oxygen atoms in total. The maximum Gasteiger partial charge on any atom is 0.246 e. The van der Waals surface area contributed by atoms with Crippen molar-refractivity contribution in [1.29, 1.82) is 5.26 Å². The van der Waals surface area contributed by atoms with Crippen molar-refractivity contribution in [2.45, 2.75) is 44.1 Å². The van der Waals surface area contributed by atoms with Gasteiger partial charge in [0, 0.05) is 26.2 Å². The van der Waals surface area contributed by atoms with Crippen LogP contribution in [0.2, 0.25) is 0 Å². The van der Waals surface area contributed by atoms with Gasteiger partial charge in [-0.25, -0.2) is 4.99 Å². The first-order chi connectivity index (χ1) is 11.2. The lowest BCUT2D eigenvalue weighted by molar-refractivity contribution is -0.125. The van der Waals surface area contributed by atoms with Gasteiger partial charge in [0.2, 0.25) is 18.3 Å². The Bertz CT molecular complexity index is 537. The monoisotopic (exact) mass is 317 g/mol. The van der Waals surface area contributed by atoms with Crippen LogP contribution < -0.4 is 5.32 Å². The number of nitriles is 1. The van der Waals surface area contributed by atoms with Gasteiger partial charge in [0.15, 0.2) is 5.92 Å². The highest BCUT2D eigenvalue weighted by Gasteiger charge is 2.47. The van der Waals surface area contributed by atoms with E-state index in [4.69, 9.17) is 4.99 Å². The Morgan fingerprint density at radius 2 is 1.83 bits per heavy atom. The van der Waals surface area contributed by atoms with E-state index >= 15 is 0 Å². The summed E-state index contributed by atoms with van der Waals surface area (Å²) in [4.78, 5) is 31.9. The summed E-state index contributed by atoms with van der Waals surface area (Å²) in [6.07, 6.45) is 6.78. The lowest BCUT2D eigenvalue weighted by Gasteiger charge is -2.41. The van der Waals surface area contributed by atoms with E-state index < -0.39 is 11.5 Å². The minimum absolute atomic E-state index is 0.225. The Hall–Kier alpha value is -2.10. The minimum atomic E-state index is -0.694. The predicted molar refractivity (Wildman–Crippen MR) is 84.3 cm³/mol. The van der Waals surface area contributed by atoms with Crippen LogP contribution in [0, 0.1) is 17.2 Å². The second-order valence-electron chi connectivity index (χ2n) is 6.63. The maximum absolute atomic E-state index is 12.5. The molecule has 0 unspecified atom stereocenters. The fourth-order valence-electron chi connectivity index (χ4n) is 3.84. The van der Waals surface area contributed by atoms with E-state index in [1.54, 1.807) is 4.90 Å². The molecule has 2 fully saturated rings. The third-order valence-electron chi connectivity index (χ3n) is 5.22. The Morgan fingerprint density at radius 1 is 1.17 bits per heavy atom. The second kappa shape index (κ2) is 6.57. The molecule has 0 aromatic carbocycles. The van der Waals surface area contributed by atoms with Crippen molar-refractivity contribution in [1.82, 2.24) is 15.1 Å². The number of nitrogens with one attached hydrogen (secondary N) is 1. The largest absolute Gasteiger partial charge is 0.342 e. The zero-order valence-corrected chi connectivity index (χ0v) is 13.3. The number of aliphatic imine (C=N–C) groups is 1. The smallest absolute Gasteiger partial charge is 0.246 e. The summed E-state index contributed by atoms with van der Waals surface area (Å²) >= 11 is 0. The van der Waals surface area contributed by atoms with Crippen molar-refractivity contribution < 1.29 is 9.59 Å². The van der Waals surface area contributed by atoms with Gasteiger partial charge in [-0.15, -0.1) is 0 Å². The van der Waals surface area contributed by atoms with Crippen LogP contribution in [0.1, 0.15) is 38.5 Å². The van der Waals surface area contributed by atoms with Crippen LogP contribution in [-0.2, 0) is 9.59 Å². The normalized spacial score (nSPS) is 27.7. The molecule has 3 aliphatic rings. The van der Waals surface area contributed by atoms with Crippen LogP contribution in [0.4, 0.5) is 0 Å². The molecule has 2 aliphatic heterocycles. The number of piperazine rings is 1. The molecule has 124 valence electrons. The first kappa shape index (κ1) is 15.8. The van der Waals surface area contributed by atoms with Gasteiger partial charge in [0.05, 0.1) is 11.6 Å². The van der Waals surface area contributed by atoms with Crippen LogP contribution in [-0.4, -0.2) is 59.8 Å². The fourth-order valence-corrected chi connectivity index (χ4v) is 3.84. The van der Waals surface area contributed by atoms with Crippen molar-refractivity contribution in [3.05, 3.63) is 0 Å². The van der Waals surface area contributed by atoms with Crippen LogP contribution in [0.25, 0.3) is 0 Å². The average Bonchev–Trinajstić information content (AvgIpc) is 2.81. The summed E-state index contributed by atoms with van der Waals surface area (Å²) in [5.41, 5.74) is -0.565. The van der Waals surface area contributed by atoms with E-state index in [0.29, 0.717) is 32.1 Å². The highest BCUT2D eigenvalue weighted by Crippen LogP contribution is 2.38. The van der Waals surface area contributed by atoms with Crippen molar-refractivity contribution in [2.24, 2.45) is 10.9 Å². The number of rotatable bonds is 1. The third kappa shape index (κ3) is 3.03. The van der Waals surface area contributed by atoms with Crippen LogP contribution >= 0.6 is 0 Å². The summed E-state index contributed by atoms with van der Waals surface area (Å²) in [5.74, 6) is -0.327. The average molecular weight is 317 g/mol. The van der Waals surface area contributed by atoms with E-state index in [2.05, 4.69) is 11.4 Å². The van der Waals surface area contributed by atoms with Gasteiger partial charge >= 0.3 is 0 Å². The molecule has 7 heteroatoms. The SMILES string of the molecule is N#C[C@H]1C(=O)NC(N2CCN(C=O)CC2)=NC12CCCCCC2. The summed E-state index contributed by atoms with van der Waals surface area (Å²) in [7, 11) is 0. The fraction of sp³-hybridized carbons (Fsp3) is 0.750. The third-order valence-corrected chi connectivity index (χ3v) is 5.22. The highest BCUT2D eigenvalue weighted by molar-refractivity contribution is 6.02. The molecule has 0 bridgehead atoms. The molecule has 1 atom stereocenters. The van der Waals surface area contributed by atoms with Crippen molar-refractivity contribution in [2.75, 3.05) is 26.2 Å². The van der Waals surface area contributed by atoms with E-state index in [9.17, 15) is 14.9 Å². The van der Waals surface area contributed by atoms with Crippen LogP contribution in [0.15, 0.2) is 4.99 Å². The van der Waals surface area contributed by atoms with Gasteiger partial charge in [0.1, 0.15) is 0 Å². The predicted octanol–water partition coefficient (Wildman–Crippen LogP) is 0.479. The number of amides is 2. The van der Waals surface area contributed by atoms with Crippen molar-refractivity contribution in [3.63, 3.8) is 0 Å². The lowest BCUT2D eigenvalue weighted by Crippen LogP contribution is -2.60. The van der Waals surface area contributed by atoms with E-state index in [1.807, 2.05) is 4.90 Å². The first-order valence-corrected chi connectivity index (χ1v) is 8.43. The summed E-state index contributed by atoms with van der Waals surface area (Å²) in [6.45, 7) is 2.58. The molecule has 23 heavy (non-hydrogen) atoms. The van der Waals surface area contributed by atoms with Gasteiger partial charge in [-0.1, -0.05) is 25.7 Å². The Labute approximate surface area is 136 Å². The second-order valence-corrected chi connectivity index (χ2v) is 6.63. The molecular weight excluding hydrogens is 294 g/mol. The maximum atomic E-state index is 12.5. The van der Waals surface area contributed by atoms with Gasteiger partial charge < -0.3 is 9.80 Å². The molecule has 3 rings (SSSR count). The number of hydrogen-bond acceptors (Lipinski definition) is 5. The molecule has 1 N–H and O–H groups in total. The van der Waals surface area contributed by atoms with E-state index in [0.717, 1.165) is 44.9 Å². The molecule has 0 aromatic heterocycles. The quantitative estimate of drug-likeness (QED) is 0.712. The number of nitrogens with zero attached hydrogens (tertiary/aromatic N) is 4. The number of guanidine groups is 1. The molecule has 1 saturated carbocycles. The van der Waals surface area contributed by atoms with Crippen LogP contribution in [0.3, 0.4) is 0 Å². The molecule has 1 spiro atoms. The van der Waals surface area contributed by atoms with Crippen molar-refractivity contribution >= 4 is 18.3 Å². The molecule has 1 aliphatic carbocycles. The van der Waals surface area contributed by atoms with Crippen molar-refractivity contribution in [3.8, 4) is 6.07 Å². The standard InChI is InChI=1S/C16H23N5O2/c17-11-13-14(23)18-15(21-9-7-20(12-22)8-10-21)19-16(13)5-3-1-2-4-6-16/h12-13H,1-10H2,(H,18,19,23)/t13-/m0/s1. The number of carbonyl (C=O) groups is 2. The Kier molecular flexibility index (Phi) is 4.51. The molecule has 2 amide bonds. The molecule has 1 saturated heterocycles. The topological polar surface area (TPSA) is 88.8 Å². The van der Waals surface area contributed by atoms with Gasteiger partial charge in [-0.3, -0.25) is 14.9 Å². The zero-order valence-electron chi connectivity index (χ0n) is 13.3. The van der Waals surface area contributed by atoms with Crippen LogP contribution in [0.5, 0.6) is 0 Å². The molecular formula is C16H23N5O2. The number of hydrogen-bond donors (Lipinski definition) is 1. The summed E-state index contributed by atoms with van der Waals surface area (Å²) < 4.78 is 0. The summed E-state index contributed by atoms with van der Waals surface area (Å²) in [6, 6.07) is 2.19. The lowest BCUT2D eigenvalue weighted by atomic mass is 9.77. The molecule has 0 aromatic rings. The Morgan fingerprint density at radius 3 is 2.39 bits per heavy atom. The van der Waals surface area contributed by atoms with Gasteiger partial charge in [-0.2, -0.15) is 5.26 Å². The van der Waals surface area contributed by atoms with Gasteiger partial charge in [-0.05, 0) is 12.8 Å². The summed E-state index contributed by atoms with van der Waals surface area (Å²) in [5, 5.41) is 12.3. The minimum Gasteiger partial charge on any atom is -0.342 e. The number of carbonyl (C=O) groups excluding carboxylic acids is 2. The Balaban J connectivity index is 1.85. The van der Waals surface area contributed by atoms with E-state index in [-0.39, 0.29) is 5.91 Å². The zero-order chi connectivity index (χ0) is 16.3.